The first-order chi connectivity index (χ1) is 13.9. The van der Waals surface area contributed by atoms with Gasteiger partial charge in [-0.1, -0.05) is 36.9 Å². The molecule has 1 amide bonds. The van der Waals surface area contributed by atoms with Crippen molar-refractivity contribution < 1.29 is 4.79 Å². The van der Waals surface area contributed by atoms with Crippen molar-refractivity contribution in [1.82, 2.24) is 9.55 Å². The van der Waals surface area contributed by atoms with Crippen molar-refractivity contribution in [3.63, 3.8) is 0 Å². The molecule has 0 radical (unpaired) electrons. The molecule has 29 heavy (non-hydrogen) atoms. The van der Waals surface area contributed by atoms with Gasteiger partial charge in [-0.2, -0.15) is 5.26 Å². The molecule has 0 spiro atoms. The lowest BCUT2D eigenvalue weighted by molar-refractivity contribution is -0.115. The maximum absolute atomic E-state index is 13.0. The fraction of sp³-hybridized carbons (Fsp3) is 0.273. The first-order valence-electron chi connectivity index (χ1n) is 9.43. The molecule has 0 saturated carbocycles. The molecule has 2 aromatic carbocycles. The molecular formula is C22H22N4O2S. The van der Waals surface area contributed by atoms with Crippen molar-refractivity contribution in [2.45, 2.75) is 43.6 Å². The summed E-state index contributed by atoms with van der Waals surface area (Å²) in [6.07, 6.45) is 0.773. The van der Waals surface area contributed by atoms with E-state index in [1.165, 1.54) is 11.8 Å². The Morgan fingerprint density at radius 3 is 2.72 bits per heavy atom. The van der Waals surface area contributed by atoms with E-state index >= 15 is 0 Å². The number of nitrogens with zero attached hydrogens (tertiary/aromatic N) is 3. The van der Waals surface area contributed by atoms with E-state index in [1.54, 1.807) is 47.9 Å². The second-order valence-electron chi connectivity index (χ2n) is 6.79. The minimum Gasteiger partial charge on any atom is -0.325 e. The molecule has 0 aliphatic heterocycles. The maximum atomic E-state index is 13.0. The highest BCUT2D eigenvalue weighted by Crippen LogP contribution is 2.26. The summed E-state index contributed by atoms with van der Waals surface area (Å²) in [4.78, 5) is 30.4. The number of rotatable bonds is 6. The van der Waals surface area contributed by atoms with E-state index < -0.39 is 5.25 Å². The van der Waals surface area contributed by atoms with Crippen LogP contribution in [0, 0.1) is 11.3 Å². The summed E-state index contributed by atoms with van der Waals surface area (Å²) in [5.41, 5.74) is 1.56. The molecule has 2 atom stereocenters. The summed E-state index contributed by atoms with van der Waals surface area (Å²) in [6.45, 7) is 5.76. The van der Waals surface area contributed by atoms with Crippen LogP contribution in [0.25, 0.3) is 10.9 Å². The number of hydrogen-bond acceptors (Lipinski definition) is 5. The third kappa shape index (κ3) is 4.49. The van der Waals surface area contributed by atoms with Gasteiger partial charge in [0.2, 0.25) is 5.91 Å². The highest BCUT2D eigenvalue weighted by Gasteiger charge is 2.21. The highest BCUT2D eigenvalue weighted by atomic mass is 32.2. The highest BCUT2D eigenvalue weighted by molar-refractivity contribution is 8.00. The average Bonchev–Trinajstić information content (AvgIpc) is 2.73. The second kappa shape index (κ2) is 8.93. The van der Waals surface area contributed by atoms with Crippen LogP contribution in [0.1, 0.15) is 38.8 Å². The zero-order valence-electron chi connectivity index (χ0n) is 16.5. The van der Waals surface area contributed by atoms with Gasteiger partial charge in [0.05, 0.1) is 27.8 Å². The smallest absolute Gasteiger partial charge is 0.262 e. The molecule has 0 bridgehead atoms. The number of nitriles is 1. The van der Waals surface area contributed by atoms with Crippen LogP contribution in [0.3, 0.4) is 0 Å². The van der Waals surface area contributed by atoms with Crippen molar-refractivity contribution in [2.24, 2.45) is 0 Å². The summed E-state index contributed by atoms with van der Waals surface area (Å²) in [6, 6.07) is 16.0. The number of carbonyl (C=O) groups excluding carboxylic acids is 1. The summed E-state index contributed by atoms with van der Waals surface area (Å²) in [5, 5.41) is 12.5. The van der Waals surface area contributed by atoms with Crippen LogP contribution in [0.15, 0.2) is 58.5 Å². The Hall–Kier alpha value is -3.11. The van der Waals surface area contributed by atoms with Crippen LogP contribution in [-0.2, 0) is 4.79 Å². The van der Waals surface area contributed by atoms with Gasteiger partial charge in [0, 0.05) is 11.7 Å². The van der Waals surface area contributed by atoms with Crippen LogP contribution >= 0.6 is 11.8 Å². The van der Waals surface area contributed by atoms with Crippen LogP contribution < -0.4 is 10.9 Å². The zero-order valence-corrected chi connectivity index (χ0v) is 17.4. The summed E-state index contributed by atoms with van der Waals surface area (Å²) in [5.74, 6) is -0.219. The van der Waals surface area contributed by atoms with Crippen LogP contribution in [0.5, 0.6) is 0 Å². The quantitative estimate of drug-likeness (QED) is 0.485. The Morgan fingerprint density at radius 2 is 2.00 bits per heavy atom. The van der Waals surface area contributed by atoms with Crippen molar-refractivity contribution in [3.8, 4) is 6.07 Å². The standard InChI is InChI=1S/C22H22N4O2S/c1-4-14(2)26-21(28)18-10-5-6-11-19(18)25-22(26)29-15(3)20(27)24-17-9-7-8-16(12-17)13-23/h5-12,14-15H,4H2,1-3H3,(H,24,27)/t14-,15-/m0/s1. The number of nitrogens with one attached hydrogen (secondary N) is 1. The number of hydrogen-bond donors (Lipinski definition) is 1. The van der Waals surface area contributed by atoms with Gasteiger partial charge in [-0.05, 0) is 50.6 Å². The minimum atomic E-state index is -0.482. The molecule has 148 valence electrons. The third-order valence-electron chi connectivity index (χ3n) is 4.72. The monoisotopic (exact) mass is 406 g/mol. The molecule has 0 fully saturated rings. The number of amides is 1. The van der Waals surface area contributed by atoms with Gasteiger partial charge in [0.15, 0.2) is 5.16 Å². The van der Waals surface area contributed by atoms with Crippen molar-refractivity contribution in [2.75, 3.05) is 5.32 Å². The fourth-order valence-electron chi connectivity index (χ4n) is 2.90. The molecule has 0 unspecified atom stereocenters. The normalized spacial score (nSPS) is 12.9. The van der Waals surface area contributed by atoms with Gasteiger partial charge in [0.25, 0.3) is 5.56 Å². The van der Waals surface area contributed by atoms with E-state index in [2.05, 4.69) is 16.4 Å². The first kappa shape index (κ1) is 20.6. The molecule has 0 aliphatic carbocycles. The number of thioether (sulfide) groups is 1. The maximum Gasteiger partial charge on any atom is 0.262 e. The Bertz CT molecular complexity index is 1150. The third-order valence-corrected chi connectivity index (χ3v) is 5.78. The molecule has 0 aliphatic rings. The van der Waals surface area contributed by atoms with Crippen molar-refractivity contribution in [1.29, 1.82) is 5.26 Å². The fourth-order valence-corrected chi connectivity index (χ4v) is 3.91. The van der Waals surface area contributed by atoms with Crippen LogP contribution in [-0.4, -0.2) is 20.7 Å². The van der Waals surface area contributed by atoms with Gasteiger partial charge in [0.1, 0.15) is 0 Å². The van der Waals surface area contributed by atoms with Gasteiger partial charge >= 0.3 is 0 Å². The van der Waals surface area contributed by atoms with Gasteiger partial charge < -0.3 is 5.32 Å². The van der Waals surface area contributed by atoms with E-state index in [-0.39, 0.29) is 17.5 Å². The van der Waals surface area contributed by atoms with E-state index in [4.69, 9.17) is 5.26 Å². The number of anilines is 1. The predicted octanol–water partition coefficient (Wildman–Crippen LogP) is 4.36. The van der Waals surface area contributed by atoms with Crippen molar-refractivity contribution in [3.05, 3.63) is 64.4 Å². The Labute approximate surface area is 173 Å². The molecule has 3 aromatic rings. The zero-order chi connectivity index (χ0) is 21.0. The van der Waals surface area contributed by atoms with Gasteiger partial charge in [-0.25, -0.2) is 4.98 Å². The summed E-state index contributed by atoms with van der Waals surface area (Å²) >= 11 is 1.26. The van der Waals surface area contributed by atoms with Crippen molar-refractivity contribution >= 4 is 34.3 Å². The number of carbonyl (C=O) groups is 1. The molecule has 1 heterocycles. The lowest BCUT2D eigenvalue weighted by atomic mass is 10.2. The number of para-hydroxylation sites is 1. The Kier molecular flexibility index (Phi) is 6.35. The van der Waals surface area contributed by atoms with E-state index in [1.807, 2.05) is 26.0 Å². The van der Waals surface area contributed by atoms with Gasteiger partial charge in [-0.3, -0.25) is 14.2 Å². The second-order valence-corrected chi connectivity index (χ2v) is 8.09. The number of fused-ring (bicyclic) bond motifs is 1. The van der Waals surface area contributed by atoms with E-state index in [0.717, 1.165) is 6.42 Å². The lowest BCUT2D eigenvalue weighted by Crippen LogP contribution is -2.28. The molecule has 7 heteroatoms. The topological polar surface area (TPSA) is 87.8 Å². The molecule has 1 aromatic heterocycles. The van der Waals surface area contributed by atoms with E-state index in [9.17, 15) is 9.59 Å². The summed E-state index contributed by atoms with van der Waals surface area (Å²) in [7, 11) is 0. The Balaban J connectivity index is 1.90. The first-order valence-corrected chi connectivity index (χ1v) is 10.3. The minimum absolute atomic E-state index is 0.0373. The lowest BCUT2D eigenvalue weighted by Gasteiger charge is -2.20. The largest absolute Gasteiger partial charge is 0.325 e. The Morgan fingerprint density at radius 1 is 1.24 bits per heavy atom. The van der Waals surface area contributed by atoms with Crippen LogP contribution in [0.4, 0.5) is 5.69 Å². The molecular weight excluding hydrogens is 384 g/mol. The molecule has 0 saturated heterocycles. The number of benzene rings is 2. The SMILES string of the molecule is CC[C@H](C)n1c(S[C@@H](C)C(=O)Nc2cccc(C#N)c2)nc2ccccc2c1=O. The number of aromatic nitrogens is 2. The van der Waals surface area contributed by atoms with E-state index in [0.29, 0.717) is 27.3 Å². The molecule has 6 nitrogen and oxygen atoms in total. The van der Waals surface area contributed by atoms with Crippen LogP contribution in [0.2, 0.25) is 0 Å². The van der Waals surface area contributed by atoms with Gasteiger partial charge in [-0.15, -0.1) is 0 Å². The predicted molar refractivity (Wildman–Crippen MR) is 116 cm³/mol. The average molecular weight is 407 g/mol. The molecule has 3 rings (SSSR count). The summed E-state index contributed by atoms with van der Waals surface area (Å²) < 4.78 is 1.67. The molecule has 1 N–H and O–H groups in total.